The summed E-state index contributed by atoms with van der Waals surface area (Å²) in [6, 6.07) is 9.71. The van der Waals surface area contributed by atoms with Crippen LogP contribution in [0, 0.1) is 11.7 Å². The largest absolute Gasteiger partial charge is 0.480 e. The van der Waals surface area contributed by atoms with E-state index in [-0.39, 0.29) is 45.5 Å². The van der Waals surface area contributed by atoms with Gasteiger partial charge in [0.05, 0.1) is 35.3 Å². The Hall–Kier alpha value is -4.03. The maximum atomic E-state index is 13.5. The second-order valence-corrected chi connectivity index (χ2v) is 11.6. The van der Waals surface area contributed by atoms with Gasteiger partial charge in [-0.15, -0.1) is 0 Å². The maximum Gasteiger partial charge on any atom is 0.263 e. The Balaban J connectivity index is 1.47. The number of sulfonamides is 1. The van der Waals surface area contributed by atoms with E-state index in [1.54, 1.807) is 25.1 Å². The summed E-state index contributed by atoms with van der Waals surface area (Å²) in [5.41, 5.74) is 1.22. The monoisotopic (exact) mass is 585 g/mol. The van der Waals surface area contributed by atoms with Crippen molar-refractivity contribution in [3.8, 4) is 17.0 Å². The molecule has 0 saturated heterocycles. The topological polar surface area (TPSA) is 132 Å². The van der Waals surface area contributed by atoms with Crippen LogP contribution in [0.4, 0.5) is 10.1 Å². The second kappa shape index (κ2) is 10.9. The van der Waals surface area contributed by atoms with E-state index >= 15 is 0 Å². The van der Waals surface area contributed by atoms with E-state index in [1.165, 1.54) is 30.3 Å². The molecule has 1 fully saturated rings. The van der Waals surface area contributed by atoms with E-state index in [2.05, 4.69) is 20.0 Å². The number of fused-ring (bicyclic) bond motifs is 1. The molecule has 208 valence electrons. The molecule has 4 aromatic rings. The number of halogens is 2. The zero-order valence-electron chi connectivity index (χ0n) is 21.5. The van der Waals surface area contributed by atoms with Crippen LogP contribution >= 0.6 is 11.6 Å². The summed E-state index contributed by atoms with van der Waals surface area (Å²) in [5, 5.41) is 2.98. The summed E-state index contributed by atoms with van der Waals surface area (Å²) in [4.78, 5) is 33.9. The van der Waals surface area contributed by atoms with Crippen molar-refractivity contribution in [1.82, 2.24) is 19.9 Å². The molecule has 2 heterocycles. The van der Waals surface area contributed by atoms with Gasteiger partial charge in [-0.1, -0.05) is 24.6 Å². The van der Waals surface area contributed by atoms with Crippen molar-refractivity contribution < 1.29 is 22.3 Å². The Labute approximate surface area is 234 Å². The normalized spacial score (nSPS) is 14.1. The number of methoxy groups -OCH3 is 1. The molecule has 1 atom stereocenters. The number of aromatic nitrogens is 3. The molecule has 1 aliphatic rings. The lowest BCUT2D eigenvalue weighted by atomic mass is 10.0. The standard InChI is InChI=1S/C27H25ClFN5O5S/c1-15(25(35)32-19-5-6-19)13-34-14-31-22-7-3-16(9-20(22)27(34)36)17-10-23(26(39-2)30-12-17)33-40(37,38)24-8-4-18(29)11-21(24)28/h3-4,7-12,14-15,19,33H,5-6,13H2,1-2H3,(H,32,35). The summed E-state index contributed by atoms with van der Waals surface area (Å²) >= 11 is 5.97. The van der Waals surface area contributed by atoms with Gasteiger partial charge in [0.25, 0.3) is 15.6 Å². The lowest BCUT2D eigenvalue weighted by Crippen LogP contribution is -2.35. The molecule has 0 spiro atoms. The first kappa shape index (κ1) is 27.5. The molecule has 1 unspecified atom stereocenters. The number of amides is 1. The number of nitrogens with zero attached hydrogens (tertiary/aromatic N) is 3. The van der Waals surface area contributed by atoms with Gasteiger partial charge in [-0.3, -0.25) is 18.9 Å². The number of carbonyl (C=O) groups excluding carboxylic acids is 1. The number of pyridine rings is 1. The highest BCUT2D eigenvalue weighted by molar-refractivity contribution is 7.92. The predicted molar refractivity (Wildman–Crippen MR) is 148 cm³/mol. The first-order chi connectivity index (χ1) is 19.1. The van der Waals surface area contributed by atoms with Crippen LogP contribution in [0.5, 0.6) is 5.88 Å². The fourth-order valence-corrected chi connectivity index (χ4v) is 5.74. The molecule has 40 heavy (non-hydrogen) atoms. The van der Waals surface area contributed by atoms with Crippen LogP contribution in [0.2, 0.25) is 5.02 Å². The maximum absolute atomic E-state index is 13.5. The number of rotatable bonds is 9. The van der Waals surface area contributed by atoms with Gasteiger partial charge in [-0.2, -0.15) is 0 Å². The minimum absolute atomic E-state index is 0.00571. The Kier molecular flexibility index (Phi) is 7.47. The molecule has 2 N–H and O–H groups in total. The third-order valence-corrected chi connectivity index (χ3v) is 8.32. The van der Waals surface area contributed by atoms with Crippen molar-refractivity contribution in [3.63, 3.8) is 0 Å². The summed E-state index contributed by atoms with van der Waals surface area (Å²) < 4.78 is 48.5. The smallest absolute Gasteiger partial charge is 0.263 e. The zero-order valence-corrected chi connectivity index (χ0v) is 23.1. The van der Waals surface area contributed by atoms with Crippen LogP contribution in [-0.4, -0.2) is 42.0 Å². The molecular formula is C27H25ClFN5O5S. The van der Waals surface area contributed by atoms with Gasteiger partial charge >= 0.3 is 0 Å². The summed E-state index contributed by atoms with van der Waals surface area (Å²) in [6.45, 7) is 1.93. The van der Waals surface area contributed by atoms with Crippen LogP contribution in [0.25, 0.3) is 22.0 Å². The van der Waals surface area contributed by atoms with Crippen molar-refractivity contribution in [1.29, 1.82) is 0 Å². The molecule has 1 aliphatic carbocycles. The minimum Gasteiger partial charge on any atom is -0.480 e. The zero-order chi connectivity index (χ0) is 28.6. The number of nitrogens with one attached hydrogen (secondary N) is 2. The molecule has 5 rings (SSSR count). The van der Waals surface area contributed by atoms with Crippen LogP contribution in [0.3, 0.4) is 0 Å². The first-order valence-corrected chi connectivity index (χ1v) is 14.2. The Bertz CT molecular complexity index is 1790. The molecule has 0 radical (unpaired) electrons. The Morgan fingerprint density at radius 3 is 2.65 bits per heavy atom. The van der Waals surface area contributed by atoms with Crippen molar-refractivity contribution in [2.45, 2.75) is 37.2 Å². The van der Waals surface area contributed by atoms with E-state index < -0.39 is 21.8 Å². The van der Waals surface area contributed by atoms with Gasteiger partial charge in [0.1, 0.15) is 16.4 Å². The fourth-order valence-electron chi connectivity index (χ4n) is 4.16. The van der Waals surface area contributed by atoms with Gasteiger partial charge in [0.2, 0.25) is 11.8 Å². The van der Waals surface area contributed by atoms with Crippen LogP contribution in [-0.2, 0) is 21.4 Å². The van der Waals surface area contributed by atoms with Crippen molar-refractivity contribution in [3.05, 3.63) is 76.2 Å². The SMILES string of the molecule is COc1ncc(-c2ccc3ncn(CC(C)C(=O)NC4CC4)c(=O)c3c2)cc1NS(=O)(=O)c1ccc(F)cc1Cl. The highest BCUT2D eigenvalue weighted by Crippen LogP contribution is 2.32. The highest BCUT2D eigenvalue weighted by atomic mass is 35.5. The van der Waals surface area contributed by atoms with Crippen molar-refractivity contribution in [2.24, 2.45) is 5.92 Å². The average Bonchev–Trinajstić information content (AvgIpc) is 3.73. The molecule has 1 saturated carbocycles. The Morgan fingerprint density at radius 1 is 1.18 bits per heavy atom. The van der Waals surface area contributed by atoms with Gasteiger partial charge in [0, 0.05) is 24.3 Å². The number of hydrogen-bond acceptors (Lipinski definition) is 7. The summed E-state index contributed by atoms with van der Waals surface area (Å²) in [5.74, 6) is -1.21. The molecule has 13 heteroatoms. The third kappa shape index (κ3) is 5.77. The first-order valence-electron chi connectivity index (χ1n) is 12.4. The van der Waals surface area contributed by atoms with Gasteiger partial charge in [-0.05, 0) is 54.8 Å². The van der Waals surface area contributed by atoms with E-state index in [4.69, 9.17) is 16.3 Å². The third-order valence-electron chi connectivity index (χ3n) is 6.47. The van der Waals surface area contributed by atoms with E-state index in [0.717, 1.165) is 31.0 Å². The summed E-state index contributed by atoms with van der Waals surface area (Å²) in [6.07, 6.45) is 4.85. The number of benzene rings is 2. The molecule has 1 amide bonds. The van der Waals surface area contributed by atoms with Crippen molar-refractivity contribution >= 4 is 44.1 Å². The molecule has 0 aliphatic heterocycles. The fraction of sp³-hybridized carbons (Fsp3) is 0.259. The van der Waals surface area contributed by atoms with Crippen LogP contribution in [0.1, 0.15) is 19.8 Å². The highest BCUT2D eigenvalue weighted by Gasteiger charge is 2.26. The molecular weight excluding hydrogens is 561 g/mol. The average molecular weight is 586 g/mol. The molecule has 0 bridgehead atoms. The second-order valence-electron chi connectivity index (χ2n) is 9.58. The molecule has 10 nitrogen and oxygen atoms in total. The lowest BCUT2D eigenvalue weighted by Gasteiger charge is -2.15. The Morgan fingerprint density at radius 2 is 1.95 bits per heavy atom. The lowest BCUT2D eigenvalue weighted by molar-refractivity contribution is -0.125. The number of carbonyl (C=O) groups is 1. The molecule has 2 aromatic carbocycles. The van der Waals surface area contributed by atoms with Gasteiger partial charge in [0.15, 0.2) is 0 Å². The number of anilines is 1. The summed E-state index contributed by atoms with van der Waals surface area (Å²) in [7, 11) is -2.89. The number of hydrogen-bond donors (Lipinski definition) is 2. The number of ether oxygens (including phenoxy) is 1. The predicted octanol–water partition coefficient (Wildman–Crippen LogP) is 3.98. The van der Waals surface area contributed by atoms with E-state index in [1.807, 2.05) is 0 Å². The van der Waals surface area contributed by atoms with Crippen LogP contribution < -0.4 is 20.3 Å². The van der Waals surface area contributed by atoms with E-state index in [0.29, 0.717) is 22.0 Å². The van der Waals surface area contributed by atoms with Crippen molar-refractivity contribution in [2.75, 3.05) is 11.8 Å². The van der Waals surface area contributed by atoms with Gasteiger partial charge in [-0.25, -0.2) is 22.8 Å². The van der Waals surface area contributed by atoms with Gasteiger partial charge < -0.3 is 10.1 Å². The minimum atomic E-state index is -4.23. The molecule has 2 aromatic heterocycles. The quantitative estimate of drug-likeness (QED) is 0.304. The van der Waals surface area contributed by atoms with E-state index in [9.17, 15) is 22.4 Å². The van der Waals surface area contributed by atoms with Crippen LogP contribution in [0.15, 0.2) is 64.7 Å².